The summed E-state index contributed by atoms with van der Waals surface area (Å²) in [6, 6.07) is 11.6. The number of anilines is 1. The summed E-state index contributed by atoms with van der Waals surface area (Å²) in [7, 11) is -3.65. The number of benzene rings is 2. The van der Waals surface area contributed by atoms with Crippen LogP contribution in [0.4, 0.5) is 5.69 Å². The van der Waals surface area contributed by atoms with Gasteiger partial charge in [0.15, 0.2) is 0 Å². The number of rotatable bonds is 6. The summed E-state index contributed by atoms with van der Waals surface area (Å²) in [6.45, 7) is 4.32. The lowest BCUT2D eigenvalue weighted by atomic mass is 10.0. The number of nitrogens with one attached hydrogen (secondary N) is 2. The molecule has 0 aliphatic carbocycles. The van der Waals surface area contributed by atoms with Crippen LogP contribution in [0.5, 0.6) is 0 Å². The standard InChI is InChI=1S/C23H28ClN3O4S/c1-16-6-7-17(2)21(15-16)32(30,31)27-14-4-3-5-20(27)12-13-25-22(28)23(29)26-19-10-8-18(24)9-11-19/h6-11,15,20H,3-5,12-14H2,1-2H3,(H,25,28)(H,26,29)/t20-/m1/s1. The van der Waals surface area contributed by atoms with Gasteiger partial charge < -0.3 is 10.6 Å². The van der Waals surface area contributed by atoms with E-state index >= 15 is 0 Å². The van der Waals surface area contributed by atoms with E-state index in [0.717, 1.165) is 24.8 Å². The first-order valence-electron chi connectivity index (χ1n) is 10.6. The van der Waals surface area contributed by atoms with Gasteiger partial charge in [-0.15, -0.1) is 0 Å². The average molecular weight is 478 g/mol. The van der Waals surface area contributed by atoms with Crippen LogP contribution in [-0.4, -0.2) is 43.7 Å². The first-order chi connectivity index (χ1) is 15.2. The summed E-state index contributed by atoms with van der Waals surface area (Å²) in [4.78, 5) is 24.6. The van der Waals surface area contributed by atoms with E-state index in [9.17, 15) is 18.0 Å². The maximum Gasteiger partial charge on any atom is 0.313 e. The third-order valence-corrected chi connectivity index (χ3v) is 7.92. The fourth-order valence-corrected chi connectivity index (χ4v) is 6.01. The van der Waals surface area contributed by atoms with Crippen molar-refractivity contribution in [3.63, 3.8) is 0 Å². The van der Waals surface area contributed by atoms with Crippen molar-refractivity contribution in [1.82, 2.24) is 9.62 Å². The van der Waals surface area contributed by atoms with Crippen LogP contribution in [0.25, 0.3) is 0 Å². The van der Waals surface area contributed by atoms with E-state index in [4.69, 9.17) is 11.6 Å². The molecule has 2 N–H and O–H groups in total. The molecule has 1 saturated heterocycles. The molecule has 0 unspecified atom stereocenters. The second-order valence-corrected chi connectivity index (χ2v) is 10.3. The molecular weight excluding hydrogens is 450 g/mol. The highest BCUT2D eigenvalue weighted by atomic mass is 35.5. The number of hydrogen-bond donors (Lipinski definition) is 2. The first kappa shape index (κ1) is 24.2. The maximum atomic E-state index is 13.4. The lowest BCUT2D eigenvalue weighted by Gasteiger charge is -2.35. The van der Waals surface area contributed by atoms with E-state index in [1.807, 2.05) is 19.1 Å². The lowest BCUT2D eigenvalue weighted by Crippen LogP contribution is -2.46. The van der Waals surface area contributed by atoms with Gasteiger partial charge in [-0.25, -0.2) is 8.42 Å². The van der Waals surface area contributed by atoms with Crippen LogP contribution in [0.15, 0.2) is 47.4 Å². The molecule has 0 spiro atoms. The molecule has 7 nitrogen and oxygen atoms in total. The fraction of sp³-hybridized carbons (Fsp3) is 0.391. The summed E-state index contributed by atoms with van der Waals surface area (Å²) in [6.07, 6.45) is 2.88. The van der Waals surface area contributed by atoms with E-state index in [2.05, 4.69) is 10.6 Å². The molecule has 1 heterocycles. The molecule has 0 radical (unpaired) electrons. The molecule has 0 saturated carbocycles. The number of aryl methyl sites for hydroxylation is 2. The molecule has 0 bridgehead atoms. The number of carbonyl (C=O) groups is 2. The Hall–Kier alpha value is -2.42. The highest BCUT2D eigenvalue weighted by Crippen LogP contribution is 2.29. The largest absolute Gasteiger partial charge is 0.348 e. The molecule has 1 fully saturated rings. The first-order valence-corrected chi connectivity index (χ1v) is 12.4. The van der Waals surface area contributed by atoms with Gasteiger partial charge in [-0.2, -0.15) is 4.31 Å². The van der Waals surface area contributed by atoms with Crippen molar-refractivity contribution in [2.75, 3.05) is 18.4 Å². The molecule has 2 aromatic carbocycles. The highest BCUT2D eigenvalue weighted by Gasteiger charge is 2.34. The van der Waals surface area contributed by atoms with Gasteiger partial charge in [0.2, 0.25) is 10.0 Å². The van der Waals surface area contributed by atoms with Gasteiger partial charge in [-0.3, -0.25) is 9.59 Å². The van der Waals surface area contributed by atoms with E-state index in [1.54, 1.807) is 41.6 Å². The second-order valence-electron chi connectivity index (χ2n) is 8.04. The molecule has 1 aliphatic rings. The van der Waals surface area contributed by atoms with Crippen LogP contribution >= 0.6 is 11.6 Å². The summed E-state index contributed by atoms with van der Waals surface area (Å²) >= 11 is 5.81. The van der Waals surface area contributed by atoms with Gasteiger partial charge in [-0.05, 0) is 74.6 Å². The van der Waals surface area contributed by atoms with E-state index in [0.29, 0.717) is 34.1 Å². The van der Waals surface area contributed by atoms with E-state index in [-0.39, 0.29) is 12.6 Å². The van der Waals surface area contributed by atoms with Gasteiger partial charge >= 0.3 is 11.8 Å². The van der Waals surface area contributed by atoms with Crippen molar-refractivity contribution in [2.45, 2.75) is 50.5 Å². The predicted molar refractivity (Wildman–Crippen MR) is 125 cm³/mol. The molecule has 0 aromatic heterocycles. The molecule has 172 valence electrons. The quantitative estimate of drug-likeness (QED) is 0.621. The van der Waals surface area contributed by atoms with Crippen molar-refractivity contribution in [3.05, 3.63) is 58.6 Å². The average Bonchev–Trinajstić information content (AvgIpc) is 2.77. The van der Waals surface area contributed by atoms with Crippen LogP contribution in [-0.2, 0) is 19.6 Å². The Morgan fingerprint density at radius 2 is 1.78 bits per heavy atom. The van der Waals surface area contributed by atoms with Crippen molar-refractivity contribution >= 4 is 39.1 Å². The molecule has 9 heteroatoms. The minimum atomic E-state index is -3.65. The van der Waals surface area contributed by atoms with Crippen LogP contribution in [0.2, 0.25) is 5.02 Å². The molecule has 3 rings (SSSR count). The Morgan fingerprint density at radius 1 is 1.06 bits per heavy atom. The Bertz CT molecular complexity index is 1090. The number of piperidine rings is 1. The number of hydrogen-bond acceptors (Lipinski definition) is 4. The zero-order valence-corrected chi connectivity index (χ0v) is 19.8. The number of halogens is 1. The van der Waals surface area contributed by atoms with Gasteiger partial charge in [0.1, 0.15) is 0 Å². The van der Waals surface area contributed by atoms with Gasteiger partial charge in [0, 0.05) is 29.8 Å². The molecule has 2 amide bonds. The number of nitrogens with zero attached hydrogens (tertiary/aromatic N) is 1. The normalized spacial score (nSPS) is 17.0. The molecule has 32 heavy (non-hydrogen) atoms. The number of sulfonamides is 1. The fourth-order valence-electron chi connectivity index (χ4n) is 3.84. The lowest BCUT2D eigenvalue weighted by molar-refractivity contribution is -0.136. The topological polar surface area (TPSA) is 95.6 Å². The predicted octanol–water partition coefficient (Wildman–Crippen LogP) is 3.65. The van der Waals surface area contributed by atoms with Crippen LogP contribution < -0.4 is 10.6 Å². The van der Waals surface area contributed by atoms with Crippen molar-refractivity contribution in [1.29, 1.82) is 0 Å². The number of amides is 2. The van der Waals surface area contributed by atoms with Gasteiger partial charge in [0.25, 0.3) is 0 Å². The van der Waals surface area contributed by atoms with Gasteiger partial charge in [0.05, 0.1) is 4.90 Å². The summed E-state index contributed by atoms with van der Waals surface area (Å²) in [5.74, 6) is -1.55. The maximum absolute atomic E-state index is 13.4. The molecular formula is C23H28ClN3O4S. The van der Waals surface area contributed by atoms with Crippen molar-refractivity contribution < 1.29 is 18.0 Å². The highest BCUT2D eigenvalue weighted by molar-refractivity contribution is 7.89. The van der Waals surface area contributed by atoms with E-state index in [1.165, 1.54) is 0 Å². The van der Waals surface area contributed by atoms with Crippen LogP contribution in [0, 0.1) is 13.8 Å². The summed E-state index contributed by atoms with van der Waals surface area (Å²) in [5.41, 5.74) is 2.07. The van der Waals surface area contributed by atoms with E-state index < -0.39 is 21.8 Å². The summed E-state index contributed by atoms with van der Waals surface area (Å²) in [5, 5.41) is 5.63. The molecule has 1 atom stereocenters. The molecule has 2 aromatic rings. The Kier molecular flexibility index (Phi) is 7.92. The minimum Gasteiger partial charge on any atom is -0.348 e. The number of carbonyl (C=O) groups excluding carboxylic acids is 2. The Morgan fingerprint density at radius 3 is 2.50 bits per heavy atom. The SMILES string of the molecule is Cc1ccc(C)c(S(=O)(=O)N2CCCC[C@@H]2CCNC(=O)C(=O)Nc2ccc(Cl)cc2)c1. The van der Waals surface area contributed by atoms with Crippen molar-refractivity contribution in [2.24, 2.45) is 0 Å². The second kappa shape index (κ2) is 10.5. The van der Waals surface area contributed by atoms with Crippen LogP contribution in [0.1, 0.15) is 36.8 Å². The van der Waals surface area contributed by atoms with Crippen LogP contribution in [0.3, 0.4) is 0 Å². The zero-order chi connectivity index (χ0) is 23.3. The molecule has 1 aliphatic heterocycles. The smallest absolute Gasteiger partial charge is 0.313 e. The summed E-state index contributed by atoms with van der Waals surface area (Å²) < 4.78 is 28.3. The third-order valence-electron chi connectivity index (χ3n) is 5.57. The monoisotopic (exact) mass is 477 g/mol. The Labute approximate surface area is 194 Å². The minimum absolute atomic E-state index is 0.205. The third kappa shape index (κ3) is 5.88. The van der Waals surface area contributed by atoms with Gasteiger partial charge in [-0.1, -0.05) is 30.2 Å². The Balaban J connectivity index is 1.60. The zero-order valence-electron chi connectivity index (χ0n) is 18.2. The van der Waals surface area contributed by atoms with Crippen molar-refractivity contribution in [3.8, 4) is 0 Å².